The first-order chi connectivity index (χ1) is 6.24. The average Bonchev–Trinajstić information content (AvgIpc) is 2.19. The minimum absolute atomic E-state index is 0.330. The Hall–Kier alpha value is -0.850. The Morgan fingerprint density at radius 1 is 1.23 bits per heavy atom. The first-order valence-corrected chi connectivity index (χ1v) is 4.93. The lowest BCUT2D eigenvalue weighted by molar-refractivity contribution is 0.291. The second-order valence-electron chi connectivity index (χ2n) is 3.55. The molecule has 0 saturated carbocycles. The third kappa shape index (κ3) is 3.17. The molecule has 0 aliphatic heterocycles. The van der Waals surface area contributed by atoms with Crippen molar-refractivity contribution in [2.24, 2.45) is 0 Å². The van der Waals surface area contributed by atoms with E-state index in [1.807, 2.05) is 25.1 Å². The standard InChI is InChI=1S/C12H17F/c1-3-12(13)9-10(2)11-7-5-4-6-8-11/h4-8,10,12H,3,9H2,1-2H3. The molecule has 0 aliphatic rings. The lowest BCUT2D eigenvalue weighted by Crippen LogP contribution is -2.04. The van der Waals surface area contributed by atoms with Crippen LogP contribution in [-0.4, -0.2) is 6.17 Å². The predicted molar refractivity (Wildman–Crippen MR) is 54.7 cm³/mol. The summed E-state index contributed by atoms with van der Waals surface area (Å²) in [6.45, 7) is 3.97. The van der Waals surface area contributed by atoms with Crippen LogP contribution in [0.4, 0.5) is 4.39 Å². The second-order valence-corrected chi connectivity index (χ2v) is 3.55. The molecule has 0 N–H and O–H groups in total. The molecule has 0 fully saturated rings. The summed E-state index contributed by atoms with van der Waals surface area (Å²) < 4.78 is 13.1. The summed E-state index contributed by atoms with van der Waals surface area (Å²) in [4.78, 5) is 0. The summed E-state index contributed by atoms with van der Waals surface area (Å²) in [6, 6.07) is 10.1. The van der Waals surface area contributed by atoms with Gasteiger partial charge in [0.25, 0.3) is 0 Å². The lowest BCUT2D eigenvalue weighted by atomic mass is 9.95. The molecule has 0 heterocycles. The molecule has 0 aromatic heterocycles. The molecule has 0 bridgehead atoms. The number of benzene rings is 1. The minimum Gasteiger partial charge on any atom is -0.247 e. The summed E-state index contributed by atoms with van der Waals surface area (Å²) >= 11 is 0. The van der Waals surface area contributed by atoms with Gasteiger partial charge in [-0.15, -0.1) is 0 Å². The molecule has 0 amide bonds. The van der Waals surface area contributed by atoms with Crippen molar-refractivity contribution in [1.82, 2.24) is 0 Å². The molecule has 1 aromatic rings. The van der Waals surface area contributed by atoms with E-state index in [9.17, 15) is 4.39 Å². The van der Waals surface area contributed by atoms with E-state index in [2.05, 4.69) is 19.1 Å². The molecule has 72 valence electrons. The number of rotatable bonds is 4. The Balaban J connectivity index is 2.53. The van der Waals surface area contributed by atoms with Crippen LogP contribution in [0.2, 0.25) is 0 Å². The summed E-state index contributed by atoms with van der Waals surface area (Å²) in [6.07, 6.45) is 0.604. The molecule has 0 saturated heterocycles. The monoisotopic (exact) mass is 180 g/mol. The van der Waals surface area contributed by atoms with E-state index in [1.165, 1.54) is 5.56 Å². The maximum Gasteiger partial charge on any atom is 0.100 e. The topological polar surface area (TPSA) is 0 Å². The van der Waals surface area contributed by atoms with Gasteiger partial charge in [0.05, 0.1) is 0 Å². The maximum absolute atomic E-state index is 13.1. The highest BCUT2D eigenvalue weighted by atomic mass is 19.1. The molecule has 0 spiro atoms. The summed E-state index contributed by atoms with van der Waals surface area (Å²) in [7, 11) is 0. The predicted octanol–water partition coefficient (Wildman–Crippen LogP) is 3.93. The number of hydrogen-bond donors (Lipinski definition) is 0. The van der Waals surface area contributed by atoms with Gasteiger partial charge in [0.1, 0.15) is 6.17 Å². The van der Waals surface area contributed by atoms with Gasteiger partial charge in [0.2, 0.25) is 0 Å². The van der Waals surface area contributed by atoms with Crippen molar-refractivity contribution < 1.29 is 4.39 Å². The van der Waals surface area contributed by atoms with Gasteiger partial charge < -0.3 is 0 Å². The summed E-state index contributed by atoms with van der Waals surface area (Å²) in [5.74, 6) is 0.330. The normalized spacial score (nSPS) is 15.3. The van der Waals surface area contributed by atoms with Crippen LogP contribution in [0.25, 0.3) is 0 Å². The van der Waals surface area contributed by atoms with Crippen molar-refractivity contribution in [3.05, 3.63) is 35.9 Å². The first kappa shape index (κ1) is 10.2. The van der Waals surface area contributed by atoms with Crippen molar-refractivity contribution in [2.45, 2.75) is 38.8 Å². The Kier molecular flexibility index (Phi) is 3.94. The van der Waals surface area contributed by atoms with Gasteiger partial charge in [0.15, 0.2) is 0 Å². The summed E-state index contributed by atoms with van der Waals surface area (Å²) in [5, 5.41) is 0. The molecule has 2 unspecified atom stereocenters. The zero-order valence-corrected chi connectivity index (χ0v) is 8.33. The van der Waals surface area contributed by atoms with Gasteiger partial charge in [-0.05, 0) is 24.3 Å². The SMILES string of the molecule is CCC(F)CC(C)c1ccccc1. The third-order valence-corrected chi connectivity index (χ3v) is 2.42. The fourth-order valence-electron chi connectivity index (χ4n) is 1.47. The fourth-order valence-corrected chi connectivity index (χ4v) is 1.47. The van der Waals surface area contributed by atoms with Crippen LogP contribution >= 0.6 is 0 Å². The van der Waals surface area contributed by atoms with Crippen LogP contribution < -0.4 is 0 Å². The van der Waals surface area contributed by atoms with E-state index in [-0.39, 0.29) is 0 Å². The zero-order chi connectivity index (χ0) is 9.68. The van der Waals surface area contributed by atoms with E-state index in [0.29, 0.717) is 18.8 Å². The zero-order valence-electron chi connectivity index (χ0n) is 8.33. The van der Waals surface area contributed by atoms with Crippen LogP contribution in [0.15, 0.2) is 30.3 Å². The van der Waals surface area contributed by atoms with Crippen molar-refractivity contribution in [3.63, 3.8) is 0 Å². The highest BCUT2D eigenvalue weighted by Gasteiger charge is 2.11. The maximum atomic E-state index is 13.1. The smallest absolute Gasteiger partial charge is 0.100 e. The number of alkyl halides is 1. The van der Waals surface area contributed by atoms with Gasteiger partial charge in [-0.3, -0.25) is 0 Å². The van der Waals surface area contributed by atoms with Gasteiger partial charge in [-0.25, -0.2) is 4.39 Å². The molecular formula is C12H17F. The van der Waals surface area contributed by atoms with Crippen molar-refractivity contribution in [2.75, 3.05) is 0 Å². The van der Waals surface area contributed by atoms with Crippen LogP contribution in [0.3, 0.4) is 0 Å². The van der Waals surface area contributed by atoms with Gasteiger partial charge in [-0.1, -0.05) is 44.2 Å². The van der Waals surface area contributed by atoms with Crippen LogP contribution in [0.5, 0.6) is 0 Å². The van der Waals surface area contributed by atoms with Crippen LogP contribution in [0, 0.1) is 0 Å². The molecule has 1 heteroatoms. The Morgan fingerprint density at radius 3 is 2.38 bits per heavy atom. The highest BCUT2D eigenvalue weighted by molar-refractivity contribution is 5.18. The van der Waals surface area contributed by atoms with Crippen LogP contribution in [0.1, 0.15) is 38.2 Å². The van der Waals surface area contributed by atoms with Crippen molar-refractivity contribution in [1.29, 1.82) is 0 Å². The molecule has 2 atom stereocenters. The van der Waals surface area contributed by atoms with E-state index < -0.39 is 6.17 Å². The van der Waals surface area contributed by atoms with Gasteiger partial charge in [0, 0.05) is 0 Å². The largest absolute Gasteiger partial charge is 0.247 e. The number of hydrogen-bond acceptors (Lipinski definition) is 0. The Bertz CT molecular complexity index is 230. The molecule has 0 aliphatic carbocycles. The molecule has 0 nitrogen and oxygen atoms in total. The molecule has 1 rings (SSSR count). The number of halogens is 1. The highest BCUT2D eigenvalue weighted by Crippen LogP contribution is 2.22. The van der Waals surface area contributed by atoms with Crippen molar-refractivity contribution in [3.8, 4) is 0 Å². The Labute approximate surface area is 79.8 Å². The van der Waals surface area contributed by atoms with E-state index in [0.717, 1.165) is 0 Å². The molecule has 13 heavy (non-hydrogen) atoms. The summed E-state index contributed by atoms with van der Waals surface area (Å²) in [5.41, 5.74) is 1.23. The third-order valence-electron chi connectivity index (χ3n) is 2.42. The van der Waals surface area contributed by atoms with E-state index in [4.69, 9.17) is 0 Å². The fraction of sp³-hybridized carbons (Fsp3) is 0.500. The van der Waals surface area contributed by atoms with Gasteiger partial charge in [-0.2, -0.15) is 0 Å². The first-order valence-electron chi connectivity index (χ1n) is 4.93. The Morgan fingerprint density at radius 2 is 1.85 bits per heavy atom. The average molecular weight is 180 g/mol. The molecule has 1 aromatic carbocycles. The van der Waals surface area contributed by atoms with E-state index >= 15 is 0 Å². The van der Waals surface area contributed by atoms with Crippen LogP contribution in [-0.2, 0) is 0 Å². The van der Waals surface area contributed by atoms with Crippen molar-refractivity contribution >= 4 is 0 Å². The molecular weight excluding hydrogens is 163 g/mol. The molecule has 0 radical (unpaired) electrons. The quantitative estimate of drug-likeness (QED) is 0.658. The minimum atomic E-state index is -0.657. The van der Waals surface area contributed by atoms with E-state index in [1.54, 1.807) is 0 Å². The van der Waals surface area contributed by atoms with Gasteiger partial charge >= 0.3 is 0 Å². The lowest BCUT2D eigenvalue weighted by Gasteiger charge is -2.13. The second kappa shape index (κ2) is 5.00.